The number of rotatable bonds is 5. The van der Waals surface area contributed by atoms with Crippen molar-refractivity contribution in [1.82, 2.24) is 5.32 Å². The number of nitrogens with one attached hydrogen (secondary N) is 1. The van der Waals surface area contributed by atoms with Crippen molar-refractivity contribution in [3.63, 3.8) is 0 Å². The normalized spacial score (nSPS) is 11.7. The number of carbonyl (C=O) groups excluding carboxylic acids is 1. The fourth-order valence-electron chi connectivity index (χ4n) is 0.694. The Morgan fingerprint density at radius 2 is 2.00 bits per heavy atom. The van der Waals surface area contributed by atoms with Crippen molar-refractivity contribution in [3.05, 3.63) is 0 Å². The molecule has 72 valence electrons. The highest BCUT2D eigenvalue weighted by atomic mass is 16.5. The van der Waals surface area contributed by atoms with Crippen LogP contribution in [0.3, 0.4) is 0 Å². The topological polar surface area (TPSA) is 38.3 Å². The molecule has 0 aromatic heterocycles. The van der Waals surface area contributed by atoms with Crippen LogP contribution in [-0.2, 0) is 9.53 Å². The standard InChI is InChI=1S/C9H19NO2/c1-8(11)7-10-5-6-12-9(2,3)4/h10H,5-7H2,1-4H3. The lowest BCUT2D eigenvalue weighted by Gasteiger charge is -2.19. The molecule has 0 aliphatic carbocycles. The Morgan fingerprint density at radius 1 is 1.42 bits per heavy atom. The Bertz CT molecular complexity index is 138. The first-order chi connectivity index (χ1) is 5.42. The molecule has 0 aliphatic heterocycles. The van der Waals surface area contributed by atoms with Gasteiger partial charge in [-0.2, -0.15) is 0 Å². The molecule has 0 spiro atoms. The van der Waals surface area contributed by atoms with Crippen LogP contribution < -0.4 is 5.32 Å². The van der Waals surface area contributed by atoms with E-state index in [0.717, 1.165) is 6.54 Å². The Hall–Kier alpha value is -0.410. The van der Waals surface area contributed by atoms with Crippen molar-refractivity contribution >= 4 is 5.78 Å². The van der Waals surface area contributed by atoms with Gasteiger partial charge in [0.25, 0.3) is 0 Å². The third kappa shape index (κ3) is 9.59. The van der Waals surface area contributed by atoms with Gasteiger partial charge in [0.05, 0.1) is 18.8 Å². The largest absolute Gasteiger partial charge is 0.375 e. The summed E-state index contributed by atoms with van der Waals surface area (Å²) in [7, 11) is 0. The summed E-state index contributed by atoms with van der Waals surface area (Å²) in [4.78, 5) is 10.5. The molecule has 0 radical (unpaired) electrons. The summed E-state index contributed by atoms with van der Waals surface area (Å²) in [5.74, 6) is 0.158. The lowest BCUT2D eigenvalue weighted by molar-refractivity contribution is -0.116. The summed E-state index contributed by atoms with van der Waals surface area (Å²) in [6, 6.07) is 0. The molecule has 0 aliphatic rings. The minimum absolute atomic E-state index is 0.0854. The van der Waals surface area contributed by atoms with Gasteiger partial charge in [0, 0.05) is 6.54 Å². The second-order valence-electron chi connectivity index (χ2n) is 3.84. The van der Waals surface area contributed by atoms with E-state index in [0.29, 0.717) is 13.2 Å². The third-order valence-electron chi connectivity index (χ3n) is 1.19. The van der Waals surface area contributed by atoms with Gasteiger partial charge in [0.15, 0.2) is 0 Å². The van der Waals surface area contributed by atoms with E-state index < -0.39 is 0 Å². The second kappa shape index (κ2) is 5.27. The molecule has 0 atom stereocenters. The average Bonchev–Trinajstić information content (AvgIpc) is 1.83. The molecule has 12 heavy (non-hydrogen) atoms. The van der Waals surface area contributed by atoms with Gasteiger partial charge in [-0.1, -0.05) is 0 Å². The van der Waals surface area contributed by atoms with Crippen LogP contribution in [0, 0.1) is 0 Å². The first-order valence-electron chi connectivity index (χ1n) is 4.26. The molecule has 0 unspecified atom stereocenters. The quantitative estimate of drug-likeness (QED) is 0.630. The Balaban J connectivity index is 3.17. The smallest absolute Gasteiger partial charge is 0.143 e. The van der Waals surface area contributed by atoms with Gasteiger partial charge in [-0.15, -0.1) is 0 Å². The lowest BCUT2D eigenvalue weighted by Crippen LogP contribution is -2.29. The predicted molar refractivity (Wildman–Crippen MR) is 49.3 cm³/mol. The van der Waals surface area contributed by atoms with Gasteiger partial charge < -0.3 is 10.1 Å². The summed E-state index contributed by atoms with van der Waals surface area (Å²) < 4.78 is 5.44. The number of hydrogen-bond donors (Lipinski definition) is 1. The van der Waals surface area contributed by atoms with Gasteiger partial charge in [0.2, 0.25) is 0 Å². The van der Waals surface area contributed by atoms with Crippen molar-refractivity contribution in [2.45, 2.75) is 33.3 Å². The molecule has 3 heteroatoms. The van der Waals surface area contributed by atoms with Crippen LogP contribution in [0.2, 0.25) is 0 Å². The lowest BCUT2D eigenvalue weighted by atomic mass is 10.2. The summed E-state index contributed by atoms with van der Waals surface area (Å²) >= 11 is 0. The molecular formula is C9H19NO2. The van der Waals surface area contributed by atoms with E-state index >= 15 is 0 Å². The zero-order chi connectivity index (χ0) is 9.61. The minimum atomic E-state index is -0.0854. The van der Waals surface area contributed by atoms with Crippen LogP contribution in [0.15, 0.2) is 0 Å². The van der Waals surface area contributed by atoms with Crippen molar-refractivity contribution < 1.29 is 9.53 Å². The van der Waals surface area contributed by atoms with Crippen LogP contribution in [0.4, 0.5) is 0 Å². The van der Waals surface area contributed by atoms with Crippen molar-refractivity contribution in [3.8, 4) is 0 Å². The molecule has 1 N–H and O–H groups in total. The molecule has 0 saturated carbocycles. The van der Waals surface area contributed by atoms with Crippen LogP contribution in [0.1, 0.15) is 27.7 Å². The highest BCUT2D eigenvalue weighted by Gasteiger charge is 2.08. The third-order valence-corrected chi connectivity index (χ3v) is 1.19. The monoisotopic (exact) mass is 173 g/mol. The summed E-state index contributed by atoms with van der Waals surface area (Å²) in [5, 5.41) is 2.98. The second-order valence-corrected chi connectivity index (χ2v) is 3.84. The maximum Gasteiger partial charge on any atom is 0.143 e. The molecule has 0 saturated heterocycles. The zero-order valence-electron chi connectivity index (χ0n) is 8.44. The van der Waals surface area contributed by atoms with Gasteiger partial charge in [-0.3, -0.25) is 4.79 Å². The Morgan fingerprint density at radius 3 is 2.42 bits per heavy atom. The number of hydrogen-bond acceptors (Lipinski definition) is 3. The summed E-state index contributed by atoms with van der Waals surface area (Å²) in [6.45, 7) is 9.42. The maximum absolute atomic E-state index is 10.5. The van der Waals surface area contributed by atoms with E-state index in [9.17, 15) is 4.79 Å². The minimum Gasteiger partial charge on any atom is -0.375 e. The maximum atomic E-state index is 10.5. The van der Waals surface area contributed by atoms with E-state index in [1.165, 1.54) is 0 Å². The van der Waals surface area contributed by atoms with Crippen molar-refractivity contribution in [2.75, 3.05) is 19.7 Å². The van der Waals surface area contributed by atoms with Crippen molar-refractivity contribution in [1.29, 1.82) is 0 Å². The zero-order valence-corrected chi connectivity index (χ0v) is 8.44. The van der Waals surface area contributed by atoms with Crippen LogP contribution in [0.5, 0.6) is 0 Å². The molecule has 0 fully saturated rings. The van der Waals surface area contributed by atoms with Gasteiger partial charge in [-0.25, -0.2) is 0 Å². The molecule has 0 heterocycles. The molecule has 0 aromatic rings. The van der Waals surface area contributed by atoms with E-state index in [2.05, 4.69) is 5.32 Å². The average molecular weight is 173 g/mol. The first-order valence-corrected chi connectivity index (χ1v) is 4.26. The number of Topliss-reactive ketones (excluding diaryl/α,β-unsaturated/α-hetero) is 1. The summed E-state index contributed by atoms with van der Waals surface area (Å²) in [5.41, 5.74) is -0.0854. The van der Waals surface area contributed by atoms with E-state index in [4.69, 9.17) is 4.74 Å². The number of carbonyl (C=O) groups is 1. The molecule has 0 bridgehead atoms. The number of ketones is 1. The van der Waals surface area contributed by atoms with Crippen LogP contribution in [0.25, 0.3) is 0 Å². The molecule has 3 nitrogen and oxygen atoms in total. The van der Waals surface area contributed by atoms with Crippen LogP contribution in [-0.4, -0.2) is 31.1 Å². The Labute approximate surface area is 74.5 Å². The highest BCUT2D eigenvalue weighted by Crippen LogP contribution is 2.04. The fraction of sp³-hybridized carbons (Fsp3) is 0.889. The fourth-order valence-corrected chi connectivity index (χ4v) is 0.694. The van der Waals surface area contributed by atoms with Gasteiger partial charge in [0.1, 0.15) is 5.78 Å². The van der Waals surface area contributed by atoms with Gasteiger partial charge >= 0.3 is 0 Å². The first kappa shape index (κ1) is 11.6. The number of ether oxygens (including phenoxy) is 1. The van der Waals surface area contributed by atoms with Gasteiger partial charge in [-0.05, 0) is 27.7 Å². The predicted octanol–water partition coefficient (Wildman–Crippen LogP) is 0.980. The van der Waals surface area contributed by atoms with E-state index in [1.54, 1.807) is 6.92 Å². The highest BCUT2D eigenvalue weighted by molar-refractivity contribution is 5.77. The molecule has 0 rings (SSSR count). The van der Waals surface area contributed by atoms with Crippen LogP contribution >= 0.6 is 0 Å². The molecule has 0 amide bonds. The molecule has 0 aromatic carbocycles. The Kier molecular flexibility index (Phi) is 5.09. The molecular weight excluding hydrogens is 154 g/mol. The SMILES string of the molecule is CC(=O)CNCCOC(C)(C)C. The summed E-state index contributed by atoms with van der Waals surface area (Å²) in [6.07, 6.45) is 0. The van der Waals surface area contributed by atoms with Crippen molar-refractivity contribution in [2.24, 2.45) is 0 Å². The van der Waals surface area contributed by atoms with E-state index in [1.807, 2.05) is 20.8 Å². The van der Waals surface area contributed by atoms with E-state index in [-0.39, 0.29) is 11.4 Å².